The lowest BCUT2D eigenvalue weighted by Crippen LogP contribution is -2.84. The Hall–Kier alpha value is -2.11. The minimum Gasteiger partial charge on any atom is -0.508 e. The van der Waals surface area contributed by atoms with Crippen LogP contribution in [-0.2, 0) is 13.0 Å². The molecule has 0 aliphatic heterocycles. The average Bonchev–Trinajstić information content (AvgIpc) is 3.08. The number of fused-ring (bicyclic) bond motifs is 1. The van der Waals surface area contributed by atoms with Gasteiger partial charge in [0.05, 0.1) is 4.88 Å². The highest BCUT2D eigenvalue weighted by molar-refractivity contribution is 7.10. The van der Waals surface area contributed by atoms with E-state index < -0.39 is 0 Å². The highest BCUT2D eigenvalue weighted by Gasteiger charge is 2.21. The number of phenols is 1. The second kappa shape index (κ2) is 7.42. The number of hydrogen-bond donors (Lipinski definition) is 2. The lowest BCUT2D eigenvalue weighted by atomic mass is 10.0. The number of benzene rings is 1. The first-order chi connectivity index (χ1) is 12.0. The SMILES string of the molecule is CCc1cc2c(C[NH2+][C@H](c3cccs3)C(C)C)cc(=O)oc2cc1O. The van der Waals surface area contributed by atoms with Crippen LogP contribution in [0.2, 0.25) is 0 Å². The molecule has 4 nitrogen and oxygen atoms in total. The smallest absolute Gasteiger partial charge is 0.336 e. The molecular weight excluding hydrogens is 334 g/mol. The van der Waals surface area contributed by atoms with Crippen LogP contribution in [-0.4, -0.2) is 5.11 Å². The maximum atomic E-state index is 11.9. The number of rotatable bonds is 6. The fraction of sp³-hybridized carbons (Fsp3) is 0.350. The molecule has 0 bridgehead atoms. The van der Waals surface area contributed by atoms with Crippen LogP contribution >= 0.6 is 11.3 Å². The fourth-order valence-corrected chi connectivity index (χ4v) is 4.21. The van der Waals surface area contributed by atoms with Crippen LogP contribution in [0.4, 0.5) is 0 Å². The Morgan fingerprint density at radius 2 is 2.04 bits per heavy atom. The number of thiophene rings is 1. The molecule has 2 heterocycles. The predicted molar refractivity (Wildman–Crippen MR) is 101 cm³/mol. The van der Waals surface area contributed by atoms with Crippen molar-refractivity contribution in [3.63, 3.8) is 0 Å². The fourth-order valence-electron chi connectivity index (χ4n) is 3.21. The van der Waals surface area contributed by atoms with Crippen molar-refractivity contribution in [3.8, 4) is 5.75 Å². The Bertz CT molecular complexity index is 913. The van der Waals surface area contributed by atoms with Gasteiger partial charge < -0.3 is 14.8 Å². The summed E-state index contributed by atoms with van der Waals surface area (Å²) in [5.74, 6) is 0.665. The van der Waals surface area contributed by atoms with Gasteiger partial charge in [0.25, 0.3) is 0 Å². The van der Waals surface area contributed by atoms with Gasteiger partial charge >= 0.3 is 5.63 Å². The zero-order chi connectivity index (χ0) is 18.0. The van der Waals surface area contributed by atoms with Crippen LogP contribution in [0.3, 0.4) is 0 Å². The van der Waals surface area contributed by atoms with Gasteiger partial charge in [0.15, 0.2) is 0 Å². The van der Waals surface area contributed by atoms with E-state index in [1.807, 2.05) is 13.0 Å². The molecule has 3 rings (SSSR count). The summed E-state index contributed by atoms with van der Waals surface area (Å²) in [6.45, 7) is 7.12. The summed E-state index contributed by atoms with van der Waals surface area (Å²) in [5.41, 5.74) is 1.88. The summed E-state index contributed by atoms with van der Waals surface area (Å²) in [4.78, 5) is 13.3. The molecule has 0 aliphatic rings. The van der Waals surface area contributed by atoms with Crippen LogP contribution in [0, 0.1) is 5.92 Å². The standard InChI is InChI=1S/C20H23NO3S/c1-4-13-8-15-14(9-19(23)24-17(15)10-16(13)22)11-21-20(12(2)3)18-6-5-7-25-18/h5-10,12,20-22H,4,11H2,1-3H3/p+1/t20-/m0/s1. The van der Waals surface area contributed by atoms with Crippen molar-refractivity contribution in [1.29, 1.82) is 0 Å². The van der Waals surface area contributed by atoms with Crippen LogP contribution in [0.25, 0.3) is 11.0 Å². The molecular formula is C20H24NO3S+. The van der Waals surface area contributed by atoms with E-state index in [0.29, 0.717) is 24.1 Å². The number of hydrogen-bond acceptors (Lipinski definition) is 4. The van der Waals surface area contributed by atoms with Gasteiger partial charge in [-0.15, -0.1) is 11.3 Å². The summed E-state index contributed by atoms with van der Waals surface area (Å²) in [7, 11) is 0. The molecule has 1 atom stereocenters. The van der Waals surface area contributed by atoms with E-state index in [9.17, 15) is 9.90 Å². The topological polar surface area (TPSA) is 67.0 Å². The summed E-state index contributed by atoms with van der Waals surface area (Å²) in [5, 5.41) is 15.3. The number of aryl methyl sites for hydroxylation is 1. The van der Waals surface area contributed by atoms with Crippen molar-refractivity contribution in [2.75, 3.05) is 0 Å². The number of quaternary nitrogens is 1. The summed E-state index contributed by atoms with van der Waals surface area (Å²) in [6, 6.07) is 9.65. The average molecular weight is 358 g/mol. The Labute approximate surface area is 151 Å². The molecule has 0 saturated heterocycles. The van der Waals surface area contributed by atoms with Crippen LogP contribution in [0.1, 0.15) is 42.8 Å². The predicted octanol–water partition coefficient (Wildman–Crippen LogP) is 3.58. The molecule has 0 unspecified atom stereocenters. The van der Waals surface area contributed by atoms with Crippen molar-refractivity contribution < 1.29 is 14.8 Å². The lowest BCUT2D eigenvalue weighted by molar-refractivity contribution is -0.716. The second-order valence-electron chi connectivity index (χ2n) is 6.65. The Morgan fingerprint density at radius 3 is 2.68 bits per heavy atom. The summed E-state index contributed by atoms with van der Waals surface area (Å²) in [6.07, 6.45) is 0.730. The molecule has 1 aromatic carbocycles. The van der Waals surface area contributed by atoms with E-state index in [-0.39, 0.29) is 11.4 Å². The number of phenolic OH excluding ortho intramolecular Hbond substituents is 1. The normalized spacial score (nSPS) is 12.8. The molecule has 25 heavy (non-hydrogen) atoms. The van der Waals surface area contributed by atoms with Crippen molar-refractivity contribution in [3.05, 3.63) is 62.1 Å². The molecule has 132 valence electrons. The van der Waals surface area contributed by atoms with Gasteiger partial charge in [-0.05, 0) is 29.5 Å². The minimum absolute atomic E-state index is 0.179. The molecule has 0 amide bonds. The van der Waals surface area contributed by atoms with Gasteiger partial charge in [0.2, 0.25) is 0 Å². The second-order valence-corrected chi connectivity index (χ2v) is 7.63. The van der Waals surface area contributed by atoms with Gasteiger partial charge in [0.1, 0.15) is 23.9 Å². The summed E-state index contributed by atoms with van der Waals surface area (Å²) >= 11 is 1.76. The third-order valence-electron chi connectivity index (χ3n) is 4.59. The molecule has 0 aliphatic carbocycles. The maximum absolute atomic E-state index is 11.9. The largest absolute Gasteiger partial charge is 0.508 e. The van der Waals surface area contributed by atoms with Crippen LogP contribution < -0.4 is 10.9 Å². The first kappa shape index (κ1) is 17.7. The van der Waals surface area contributed by atoms with Crippen molar-refractivity contribution in [1.82, 2.24) is 0 Å². The third kappa shape index (κ3) is 3.78. The van der Waals surface area contributed by atoms with E-state index in [2.05, 4.69) is 36.7 Å². The van der Waals surface area contributed by atoms with E-state index >= 15 is 0 Å². The van der Waals surface area contributed by atoms with Crippen molar-refractivity contribution in [2.24, 2.45) is 5.92 Å². The van der Waals surface area contributed by atoms with E-state index in [1.165, 1.54) is 4.88 Å². The third-order valence-corrected chi connectivity index (χ3v) is 5.57. The van der Waals surface area contributed by atoms with Gasteiger partial charge in [-0.25, -0.2) is 4.79 Å². The highest BCUT2D eigenvalue weighted by Crippen LogP contribution is 2.27. The van der Waals surface area contributed by atoms with Crippen LogP contribution in [0.15, 0.2) is 44.9 Å². The molecule has 0 radical (unpaired) electrons. The number of aromatic hydroxyl groups is 1. The lowest BCUT2D eigenvalue weighted by Gasteiger charge is -2.18. The first-order valence-corrected chi connectivity index (χ1v) is 9.53. The Balaban J connectivity index is 1.96. The summed E-state index contributed by atoms with van der Waals surface area (Å²) < 4.78 is 5.28. The maximum Gasteiger partial charge on any atom is 0.336 e. The zero-order valence-corrected chi connectivity index (χ0v) is 15.6. The molecule has 5 heteroatoms. The molecule has 3 N–H and O–H groups in total. The molecule has 0 fully saturated rings. The van der Waals surface area contributed by atoms with Crippen molar-refractivity contribution >= 4 is 22.3 Å². The van der Waals surface area contributed by atoms with Gasteiger partial charge in [-0.3, -0.25) is 0 Å². The Kier molecular flexibility index (Phi) is 5.25. The highest BCUT2D eigenvalue weighted by atomic mass is 32.1. The molecule has 0 saturated carbocycles. The van der Waals surface area contributed by atoms with Crippen molar-refractivity contribution in [2.45, 2.75) is 39.8 Å². The van der Waals surface area contributed by atoms with E-state index in [4.69, 9.17) is 4.42 Å². The van der Waals surface area contributed by atoms with E-state index in [1.54, 1.807) is 23.5 Å². The molecule has 3 aromatic rings. The zero-order valence-electron chi connectivity index (χ0n) is 14.8. The van der Waals surface area contributed by atoms with Gasteiger partial charge in [-0.1, -0.05) is 26.8 Å². The van der Waals surface area contributed by atoms with Gasteiger partial charge in [0, 0.05) is 29.0 Å². The molecule has 0 spiro atoms. The minimum atomic E-state index is -0.378. The quantitative estimate of drug-likeness (QED) is 0.662. The monoisotopic (exact) mass is 358 g/mol. The van der Waals surface area contributed by atoms with Gasteiger partial charge in [-0.2, -0.15) is 0 Å². The van der Waals surface area contributed by atoms with Crippen LogP contribution in [0.5, 0.6) is 5.75 Å². The molecule has 2 aromatic heterocycles. The Morgan fingerprint density at radius 1 is 1.24 bits per heavy atom. The van der Waals surface area contributed by atoms with E-state index in [0.717, 1.165) is 22.9 Å². The number of nitrogens with two attached hydrogens (primary N) is 1. The first-order valence-electron chi connectivity index (χ1n) is 8.65.